The second-order valence-electron chi connectivity index (χ2n) is 8.68. The van der Waals surface area contributed by atoms with Gasteiger partial charge < -0.3 is 4.74 Å². The van der Waals surface area contributed by atoms with Gasteiger partial charge >= 0.3 is 5.97 Å². The van der Waals surface area contributed by atoms with E-state index in [0.717, 1.165) is 6.42 Å². The van der Waals surface area contributed by atoms with Gasteiger partial charge in [0, 0.05) is 5.02 Å². The maximum absolute atomic E-state index is 13.3. The fraction of sp³-hybridized carbons (Fsp3) is 0.292. The second kappa shape index (κ2) is 6.68. The quantitative estimate of drug-likeness (QED) is 0.290. The lowest BCUT2D eigenvalue weighted by Gasteiger charge is -2.37. The van der Waals surface area contributed by atoms with Crippen molar-refractivity contribution >= 4 is 46.7 Å². The molecule has 2 amide bonds. The van der Waals surface area contributed by atoms with Crippen LogP contribution in [0.15, 0.2) is 54.6 Å². The molecule has 6 atom stereocenters. The van der Waals surface area contributed by atoms with Crippen molar-refractivity contribution in [2.24, 2.45) is 35.5 Å². The maximum Gasteiger partial charge on any atom is 0.343 e. The summed E-state index contributed by atoms with van der Waals surface area (Å²) < 4.78 is 5.39. The van der Waals surface area contributed by atoms with E-state index in [1.54, 1.807) is 24.3 Å². The number of carbonyl (C=O) groups excluding carboxylic acids is 3. The average molecular weight is 454 g/mol. The number of ether oxygens (including phenoxy) is 1. The molecule has 2 saturated carbocycles. The Balaban J connectivity index is 1.28. The van der Waals surface area contributed by atoms with Crippen LogP contribution in [0, 0.1) is 35.5 Å². The summed E-state index contributed by atoms with van der Waals surface area (Å²) in [6.45, 7) is 0. The molecule has 0 radical (unpaired) electrons. The lowest BCUT2D eigenvalue weighted by molar-refractivity contribution is -0.124. The van der Waals surface area contributed by atoms with E-state index in [2.05, 4.69) is 12.2 Å². The van der Waals surface area contributed by atoms with E-state index in [9.17, 15) is 14.4 Å². The highest BCUT2D eigenvalue weighted by Gasteiger charge is 2.67. The molecule has 1 heterocycles. The largest absolute Gasteiger partial charge is 0.421 e. The molecule has 156 valence electrons. The van der Waals surface area contributed by atoms with Gasteiger partial charge in [-0.25, -0.2) is 9.69 Å². The lowest BCUT2D eigenvalue weighted by Crippen LogP contribution is -2.40. The van der Waals surface area contributed by atoms with E-state index in [4.69, 9.17) is 27.9 Å². The van der Waals surface area contributed by atoms with Crippen molar-refractivity contribution in [3.8, 4) is 5.75 Å². The molecule has 0 spiro atoms. The molecule has 0 unspecified atom stereocenters. The molecule has 2 bridgehead atoms. The van der Waals surface area contributed by atoms with Crippen LogP contribution >= 0.6 is 23.2 Å². The fourth-order valence-electron chi connectivity index (χ4n) is 5.70. The number of anilines is 1. The molecule has 31 heavy (non-hydrogen) atoms. The number of esters is 1. The molecule has 2 aromatic carbocycles. The first kappa shape index (κ1) is 19.1. The predicted molar refractivity (Wildman–Crippen MR) is 115 cm³/mol. The van der Waals surface area contributed by atoms with Gasteiger partial charge in [-0.2, -0.15) is 0 Å². The smallest absolute Gasteiger partial charge is 0.343 e. The minimum atomic E-state index is -0.634. The number of benzene rings is 2. The van der Waals surface area contributed by atoms with Gasteiger partial charge in [0.1, 0.15) is 5.75 Å². The van der Waals surface area contributed by atoms with Crippen LogP contribution in [-0.4, -0.2) is 17.8 Å². The van der Waals surface area contributed by atoms with Crippen molar-refractivity contribution in [1.29, 1.82) is 0 Å². The molecule has 5 aliphatic rings. The number of rotatable bonds is 3. The van der Waals surface area contributed by atoms with E-state index < -0.39 is 5.97 Å². The van der Waals surface area contributed by atoms with Crippen molar-refractivity contribution in [3.05, 3.63) is 70.2 Å². The van der Waals surface area contributed by atoms with Crippen molar-refractivity contribution in [3.63, 3.8) is 0 Å². The number of imide groups is 1. The van der Waals surface area contributed by atoms with Gasteiger partial charge in [0.2, 0.25) is 11.8 Å². The Morgan fingerprint density at radius 1 is 0.935 bits per heavy atom. The Labute approximate surface area is 188 Å². The monoisotopic (exact) mass is 453 g/mol. The first-order valence-electron chi connectivity index (χ1n) is 10.3. The molecule has 7 rings (SSSR count). The summed E-state index contributed by atoms with van der Waals surface area (Å²) in [5, 5.41) is 0.646. The maximum atomic E-state index is 13.3. The van der Waals surface area contributed by atoms with Gasteiger partial charge in [0.15, 0.2) is 0 Å². The zero-order valence-electron chi connectivity index (χ0n) is 16.2. The summed E-state index contributed by atoms with van der Waals surface area (Å²) in [5.41, 5.74) is 0.622. The summed E-state index contributed by atoms with van der Waals surface area (Å²) in [6.07, 6.45) is 5.39. The van der Waals surface area contributed by atoms with E-state index >= 15 is 0 Å². The Morgan fingerprint density at radius 3 is 2.26 bits per heavy atom. The highest BCUT2D eigenvalue weighted by atomic mass is 35.5. The first-order chi connectivity index (χ1) is 14.9. The molecule has 1 aliphatic heterocycles. The third kappa shape index (κ3) is 2.80. The van der Waals surface area contributed by atoms with E-state index in [1.165, 1.54) is 23.1 Å². The van der Waals surface area contributed by atoms with Gasteiger partial charge in [-0.1, -0.05) is 41.4 Å². The number of hydrogen-bond acceptors (Lipinski definition) is 4. The second-order valence-corrected chi connectivity index (χ2v) is 9.52. The molecule has 7 heteroatoms. The average Bonchev–Trinajstić information content (AvgIpc) is 3.53. The van der Waals surface area contributed by atoms with Crippen molar-refractivity contribution in [2.75, 3.05) is 4.90 Å². The number of nitrogens with zero attached hydrogens (tertiary/aromatic N) is 1. The van der Waals surface area contributed by atoms with Crippen LogP contribution in [-0.2, 0) is 9.59 Å². The van der Waals surface area contributed by atoms with Crippen LogP contribution in [0.2, 0.25) is 10.0 Å². The van der Waals surface area contributed by atoms with Crippen molar-refractivity contribution in [1.82, 2.24) is 0 Å². The van der Waals surface area contributed by atoms with Gasteiger partial charge in [0.25, 0.3) is 0 Å². The van der Waals surface area contributed by atoms with Crippen LogP contribution in [0.3, 0.4) is 0 Å². The Kier molecular flexibility index (Phi) is 4.11. The minimum absolute atomic E-state index is 0.154. The summed E-state index contributed by atoms with van der Waals surface area (Å²) in [4.78, 5) is 40.5. The first-order valence-corrected chi connectivity index (χ1v) is 11.0. The van der Waals surface area contributed by atoms with Crippen LogP contribution in [0.4, 0.5) is 5.69 Å². The highest BCUT2D eigenvalue weighted by Crippen LogP contribution is 2.65. The summed E-state index contributed by atoms with van der Waals surface area (Å²) >= 11 is 12.0. The Bertz CT molecular complexity index is 1160. The molecule has 4 aliphatic carbocycles. The standard InChI is InChI=1S/C24H17Cl2NO4/c25-12-4-7-19(18(26)9-12)31-24(30)11-2-1-3-13(8-11)27-22(28)20-14-5-6-15(17-10-16(14)17)21(20)23(27)29/h1-9,14-17,20-21H,10H2/t14-,15+,16-,17-,20+,21-/m1/s1. The lowest BCUT2D eigenvalue weighted by atomic mass is 9.63. The summed E-state index contributed by atoms with van der Waals surface area (Å²) in [6, 6.07) is 11.0. The Hall–Kier alpha value is -2.63. The topological polar surface area (TPSA) is 63.7 Å². The highest BCUT2D eigenvalue weighted by molar-refractivity contribution is 6.35. The number of halogens is 2. The normalized spacial score (nSPS) is 32.1. The molecule has 5 nitrogen and oxygen atoms in total. The van der Waals surface area contributed by atoms with Gasteiger partial charge in [0.05, 0.1) is 28.1 Å². The molecule has 0 aromatic heterocycles. The van der Waals surface area contributed by atoms with E-state index in [0.29, 0.717) is 22.5 Å². The van der Waals surface area contributed by atoms with E-state index in [-0.39, 0.29) is 51.8 Å². The molecule has 0 N–H and O–H groups in total. The van der Waals surface area contributed by atoms with Crippen LogP contribution < -0.4 is 9.64 Å². The minimum Gasteiger partial charge on any atom is -0.421 e. The number of hydrogen-bond donors (Lipinski definition) is 0. The molecule has 2 aromatic rings. The van der Waals surface area contributed by atoms with Crippen LogP contribution in [0.5, 0.6) is 5.75 Å². The zero-order valence-corrected chi connectivity index (χ0v) is 17.7. The van der Waals surface area contributed by atoms with Gasteiger partial charge in [-0.15, -0.1) is 0 Å². The molecule has 1 saturated heterocycles. The van der Waals surface area contributed by atoms with Crippen molar-refractivity contribution in [2.45, 2.75) is 6.42 Å². The van der Waals surface area contributed by atoms with Gasteiger partial charge in [-0.3, -0.25) is 9.59 Å². The third-order valence-corrected chi connectivity index (χ3v) is 7.63. The fourth-order valence-corrected chi connectivity index (χ4v) is 6.15. The number of amides is 2. The molecular formula is C24H17Cl2NO4. The summed E-state index contributed by atoms with van der Waals surface area (Å²) in [5.74, 6) is 0.0507. The number of carbonyl (C=O) groups is 3. The van der Waals surface area contributed by atoms with Crippen LogP contribution in [0.25, 0.3) is 0 Å². The van der Waals surface area contributed by atoms with E-state index in [1.807, 2.05) is 0 Å². The molecule has 3 fully saturated rings. The Morgan fingerprint density at radius 2 is 1.61 bits per heavy atom. The van der Waals surface area contributed by atoms with Crippen LogP contribution in [0.1, 0.15) is 16.8 Å². The van der Waals surface area contributed by atoms with Crippen molar-refractivity contribution < 1.29 is 19.1 Å². The molecular weight excluding hydrogens is 437 g/mol. The van der Waals surface area contributed by atoms with Gasteiger partial charge in [-0.05, 0) is 66.5 Å². The third-order valence-electron chi connectivity index (χ3n) is 7.10. The number of allylic oxidation sites excluding steroid dienone is 2. The SMILES string of the molecule is O=C(Oc1ccc(Cl)cc1Cl)c1cccc(N2C(=O)[C@@H]3[C@H]4C=C[C@H]([C@H]5C[C@H]45)[C@@H]3C2=O)c1. The zero-order chi connectivity index (χ0) is 21.4. The summed E-state index contributed by atoms with van der Waals surface area (Å²) in [7, 11) is 0. The predicted octanol–water partition coefficient (Wildman–Crippen LogP) is 4.77.